The number of anilines is 4. The molecule has 0 fully saturated rings. The molecule has 3 rings (SSSR count). The summed E-state index contributed by atoms with van der Waals surface area (Å²) in [6.45, 7) is 0.618. The van der Waals surface area contributed by atoms with E-state index in [4.69, 9.17) is 5.73 Å². The number of benzene rings is 2. The van der Waals surface area contributed by atoms with E-state index in [0.717, 1.165) is 17.7 Å². The zero-order chi connectivity index (χ0) is 17.8. The summed E-state index contributed by atoms with van der Waals surface area (Å²) >= 11 is 0. The van der Waals surface area contributed by atoms with Gasteiger partial charge in [-0.3, -0.25) is 0 Å². The Hall–Kier alpha value is -3.22. The molecular weight excluding hydrogens is 324 g/mol. The Labute approximate surface area is 144 Å². The Morgan fingerprint density at radius 1 is 1.04 bits per heavy atom. The lowest BCUT2D eigenvalue weighted by molar-refractivity contribution is 0.509. The fraction of sp³-hybridized carbons (Fsp3) is 0.111. The molecular formula is C18H17F2N5. The quantitative estimate of drug-likeness (QED) is 0.740. The highest BCUT2D eigenvalue weighted by atomic mass is 19.2. The van der Waals surface area contributed by atoms with Gasteiger partial charge in [0.05, 0.1) is 0 Å². The number of nitrogens with zero attached hydrogens (tertiary/aromatic N) is 3. The van der Waals surface area contributed by atoms with E-state index in [-0.39, 0.29) is 0 Å². The van der Waals surface area contributed by atoms with E-state index in [1.165, 1.54) is 12.4 Å². The summed E-state index contributed by atoms with van der Waals surface area (Å²) in [5, 5.41) is 2.89. The molecule has 0 bridgehead atoms. The van der Waals surface area contributed by atoms with Crippen LogP contribution in [0.1, 0.15) is 5.56 Å². The minimum absolute atomic E-state index is 0.325. The van der Waals surface area contributed by atoms with Crippen LogP contribution >= 0.6 is 0 Å². The van der Waals surface area contributed by atoms with Crippen LogP contribution in [-0.2, 0) is 6.54 Å². The standard InChI is InChI=1S/C18H17F2N5/c1-25(10-12-5-3-2-4-6-12)18-16(21)17(22-11-23-18)24-13-7-8-14(19)15(20)9-13/h2-9,11H,10,21H2,1H3,(H,22,23,24). The molecule has 3 N–H and O–H groups in total. The van der Waals surface area contributed by atoms with Gasteiger partial charge in [0.25, 0.3) is 0 Å². The molecule has 0 amide bonds. The number of nitrogens with two attached hydrogens (primary N) is 1. The van der Waals surface area contributed by atoms with Gasteiger partial charge >= 0.3 is 0 Å². The van der Waals surface area contributed by atoms with Crippen molar-refractivity contribution in [1.82, 2.24) is 9.97 Å². The first kappa shape index (κ1) is 16.6. The number of nitrogens with one attached hydrogen (secondary N) is 1. The zero-order valence-corrected chi connectivity index (χ0v) is 13.6. The van der Waals surface area contributed by atoms with Crippen LogP contribution in [0.25, 0.3) is 0 Å². The van der Waals surface area contributed by atoms with Crippen molar-refractivity contribution in [2.45, 2.75) is 6.54 Å². The van der Waals surface area contributed by atoms with E-state index >= 15 is 0 Å². The van der Waals surface area contributed by atoms with Crippen LogP contribution in [0.5, 0.6) is 0 Å². The third kappa shape index (κ3) is 3.82. The maximum Gasteiger partial charge on any atom is 0.160 e. The van der Waals surface area contributed by atoms with Crippen LogP contribution in [0, 0.1) is 11.6 Å². The normalized spacial score (nSPS) is 10.5. The first-order valence-electron chi connectivity index (χ1n) is 7.62. The number of hydrogen-bond acceptors (Lipinski definition) is 5. The van der Waals surface area contributed by atoms with E-state index in [9.17, 15) is 8.78 Å². The van der Waals surface area contributed by atoms with Crippen LogP contribution in [-0.4, -0.2) is 17.0 Å². The molecule has 1 heterocycles. The van der Waals surface area contributed by atoms with Gasteiger partial charge in [-0.1, -0.05) is 30.3 Å². The number of halogens is 2. The fourth-order valence-corrected chi connectivity index (χ4v) is 2.43. The molecule has 0 saturated carbocycles. The van der Waals surface area contributed by atoms with E-state index in [0.29, 0.717) is 29.6 Å². The number of nitrogen functional groups attached to an aromatic ring is 1. The number of hydrogen-bond donors (Lipinski definition) is 2. The molecule has 0 spiro atoms. The van der Waals surface area contributed by atoms with Gasteiger partial charge in [0.1, 0.15) is 12.0 Å². The maximum absolute atomic E-state index is 13.3. The number of aromatic nitrogens is 2. The highest BCUT2D eigenvalue weighted by Gasteiger charge is 2.13. The Morgan fingerprint density at radius 3 is 2.52 bits per heavy atom. The average molecular weight is 341 g/mol. The first-order valence-corrected chi connectivity index (χ1v) is 7.62. The summed E-state index contributed by atoms with van der Waals surface area (Å²) in [5.41, 5.74) is 7.94. The van der Waals surface area contributed by atoms with Gasteiger partial charge in [0.2, 0.25) is 0 Å². The van der Waals surface area contributed by atoms with E-state index in [2.05, 4.69) is 15.3 Å². The van der Waals surface area contributed by atoms with Crippen LogP contribution in [0.4, 0.5) is 31.8 Å². The van der Waals surface area contributed by atoms with Crippen molar-refractivity contribution in [2.75, 3.05) is 23.0 Å². The first-order chi connectivity index (χ1) is 12.0. The van der Waals surface area contributed by atoms with Crippen molar-refractivity contribution in [2.24, 2.45) is 0 Å². The molecule has 0 aliphatic heterocycles. The SMILES string of the molecule is CN(Cc1ccccc1)c1ncnc(Nc2ccc(F)c(F)c2)c1N. The third-order valence-corrected chi connectivity index (χ3v) is 3.67. The Balaban J connectivity index is 1.82. The maximum atomic E-state index is 13.3. The second-order valence-electron chi connectivity index (χ2n) is 5.56. The largest absolute Gasteiger partial charge is 0.393 e. The van der Waals surface area contributed by atoms with E-state index in [1.807, 2.05) is 42.3 Å². The van der Waals surface area contributed by atoms with Crippen molar-refractivity contribution in [1.29, 1.82) is 0 Å². The van der Waals surface area contributed by atoms with E-state index in [1.54, 1.807) is 0 Å². The van der Waals surface area contributed by atoms with Crippen LogP contribution in [0.2, 0.25) is 0 Å². The molecule has 0 unspecified atom stereocenters. The van der Waals surface area contributed by atoms with Crippen LogP contribution in [0.15, 0.2) is 54.9 Å². The minimum atomic E-state index is -0.945. The smallest absolute Gasteiger partial charge is 0.160 e. The van der Waals surface area contributed by atoms with Gasteiger partial charge in [0, 0.05) is 25.3 Å². The molecule has 0 saturated heterocycles. The molecule has 1 aromatic heterocycles. The lowest BCUT2D eigenvalue weighted by atomic mass is 10.2. The van der Waals surface area contributed by atoms with Gasteiger partial charge in [0.15, 0.2) is 23.3 Å². The lowest BCUT2D eigenvalue weighted by Gasteiger charge is -2.21. The predicted octanol–water partition coefficient (Wildman–Crippen LogP) is 3.72. The highest BCUT2D eigenvalue weighted by molar-refractivity contribution is 5.78. The van der Waals surface area contributed by atoms with Gasteiger partial charge < -0.3 is 16.0 Å². The van der Waals surface area contributed by atoms with Crippen molar-refractivity contribution in [3.63, 3.8) is 0 Å². The second kappa shape index (κ2) is 7.12. The second-order valence-corrected chi connectivity index (χ2v) is 5.56. The number of rotatable bonds is 5. The summed E-state index contributed by atoms with van der Waals surface area (Å²) < 4.78 is 26.4. The zero-order valence-electron chi connectivity index (χ0n) is 13.6. The molecule has 0 radical (unpaired) electrons. The molecule has 7 heteroatoms. The Morgan fingerprint density at radius 2 is 1.80 bits per heavy atom. The molecule has 128 valence electrons. The van der Waals surface area contributed by atoms with Crippen LogP contribution < -0.4 is 16.0 Å². The van der Waals surface area contributed by atoms with Crippen LogP contribution in [0.3, 0.4) is 0 Å². The van der Waals surface area contributed by atoms with Crippen molar-refractivity contribution in [3.05, 3.63) is 72.1 Å². The molecule has 0 aliphatic rings. The average Bonchev–Trinajstić information content (AvgIpc) is 2.61. The third-order valence-electron chi connectivity index (χ3n) is 3.67. The molecule has 0 atom stereocenters. The predicted molar refractivity (Wildman–Crippen MR) is 94.6 cm³/mol. The Kier molecular flexibility index (Phi) is 4.74. The topological polar surface area (TPSA) is 67.1 Å². The molecule has 5 nitrogen and oxygen atoms in total. The summed E-state index contributed by atoms with van der Waals surface area (Å²) in [5.74, 6) is -0.983. The molecule has 3 aromatic rings. The Bertz CT molecular complexity index is 871. The minimum Gasteiger partial charge on any atom is -0.393 e. The van der Waals surface area contributed by atoms with Crippen molar-refractivity contribution >= 4 is 23.0 Å². The summed E-state index contributed by atoms with van der Waals surface area (Å²) in [6.07, 6.45) is 1.37. The van der Waals surface area contributed by atoms with Gasteiger partial charge in [-0.2, -0.15) is 0 Å². The summed E-state index contributed by atoms with van der Waals surface area (Å²) in [7, 11) is 1.87. The summed E-state index contributed by atoms with van der Waals surface area (Å²) in [4.78, 5) is 10.2. The summed E-state index contributed by atoms with van der Waals surface area (Å²) in [6, 6.07) is 13.4. The monoisotopic (exact) mass is 341 g/mol. The van der Waals surface area contributed by atoms with Gasteiger partial charge in [-0.25, -0.2) is 18.7 Å². The molecule has 25 heavy (non-hydrogen) atoms. The fourth-order valence-electron chi connectivity index (χ4n) is 2.43. The van der Waals surface area contributed by atoms with E-state index < -0.39 is 11.6 Å². The van der Waals surface area contributed by atoms with Crippen molar-refractivity contribution < 1.29 is 8.78 Å². The molecule has 0 aliphatic carbocycles. The van der Waals surface area contributed by atoms with Crippen molar-refractivity contribution in [3.8, 4) is 0 Å². The van der Waals surface area contributed by atoms with Gasteiger partial charge in [-0.05, 0) is 17.7 Å². The molecule has 2 aromatic carbocycles. The van der Waals surface area contributed by atoms with Gasteiger partial charge in [-0.15, -0.1) is 0 Å². The lowest BCUT2D eigenvalue weighted by Crippen LogP contribution is -2.20. The highest BCUT2D eigenvalue weighted by Crippen LogP contribution is 2.29.